The summed E-state index contributed by atoms with van der Waals surface area (Å²) in [6.07, 6.45) is 0.232. The monoisotopic (exact) mass is 276 g/mol. The molecule has 110 valence electrons. The molecule has 1 unspecified atom stereocenters. The van der Waals surface area contributed by atoms with Crippen LogP contribution in [0.3, 0.4) is 0 Å². The molecule has 0 aliphatic heterocycles. The molecule has 4 heteroatoms. The van der Waals surface area contributed by atoms with Crippen molar-refractivity contribution in [2.75, 3.05) is 0 Å². The van der Waals surface area contributed by atoms with Crippen molar-refractivity contribution < 1.29 is 18.3 Å². The van der Waals surface area contributed by atoms with Gasteiger partial charge in [-0.25, -0.2) is 0 Å². The van der Waals surface area contributed by atoms with Gasteiger partial charge in [0.2, 0.25) is 0 Å². The Bertz CT molecular complexity index is 321. The van der Waals surface area contributed by atoms with Crippen LogP contribution in [0.1, 0.15) is 58.8 Å². The summed E-state index contributed by atoms with van der Waals surface area (Å²) >= 11 is 0. The van der Waals surface area contributed by atoms with E-state index in [1.165, 1.54) is 0 Å². The lowest BCUT2D eigenvalue weighted by Crippen LogP contribution is -2.13. The van der Waals surface area contributed by atoms with Gasteiger partial charge in [-0.05, 0) is 12.8 Å². The molecule has 0 aliphatic carbocycles. The molecular formula is C15H23F3O. The smallest absolute Gasteiger partial charge is 0.388 e. The first-order valence-electron chi connectivity index (χ1n) is 6.87. The van der Waals surface area contributed by atoms with Crippen LogP contribution in [-0.2, 0) is 0 Å². The molecule has 0 saturated heterocycles. The molecule has 1 atom stereocenters. The van der Waals surface area contributed by atoms with Crippen LogP contribution >= 0.6 is 0 Å². The second kappa shape index (κ2) is 9.91. The van der Waals surface area contributed by atoms with Crippen molar-refractivity contribution in [1.82, 2.24) is 0 Å². The van der Waals surface area contributed by atoms with E-state index in [-0.39, 0.29) is 11.6 Å². The molecule has 0 radical (unpaired) electrons. The number of hydrogen-bond acceptors (Lipinski definition) is 1. The number of halogens is 3. The minimum absolute atomic E-state index is 0.117. The molecule has 0 heterocycles. The zero-order chi connectivity index (χ0) is 14.7. The van der Waals surface area contributed by atoms with Gasteiger partial charge in [0.1, 0.15) is 0 Å². The first kappa shape index (κ1) is 18.0. The van der Waals surface area contributed by atoms with Crippen LogP contribution in [-0.4, -0.2) is 17.4 Å². The molecule has 0 spiro atoms. The van der Waals surface area contributed by atoms with E-state index in [0.29, 0.717) is 19.3 Å². The van der Waals surface area contributed by atoms with E-state index in [0.717, 1.165) is 25.7 Å². The van der Waals surface area contributed by atoms with Gasteiger partial charge in [0.05, 0.1) is 6.10 Å². The average molecular weight is 276 g/mol. The van der Waals surface area contributed by atoms with Gasteiger partial charge < -0.3 is 5.11 Å². The Hall–Kier alpha value is -0.950. The van der Waals surface area contributed by atoms with Gasteiger partial charge in [0.25, 0.3) is 0 Å². The van der Waals surface area contributed by atoms with Gasteiger partial charge in [0, 0.05) is 18.1 Å². The van der Waals surface area contributed by atoms with Crippen LogP contribution in [0.4, 0.5) is 13.2 Å². The highest BCUT2D eigenvalue weighted by Gasteiger charge is 2.26. The Morgan fingerprint density at radius 2 is 1.84 bits per heavy atom. The van der Waals surface area contributed by atoms with Crippen molar-refractivity contribution in [1.29, 1.82) is 0 Å². The average Bonchev–Trinajstić information content (AvgIpc) is 2.31. The van der Waals surface area contributed by atoms with Crippen LogP contribution in [0, 0.1) is 11.8 Å². The van der Waals surface area contributed by atoms with Crippen molar-refractivity contribution >= 4 is 0 Å². The highest BCUT2D eigenvalue weighted by Crippen LogP contribution is 2.21. The minimum atomic E-state index is -4.43. The summed E-state index contributed by atoms with van der Waals surface area (Å²) in [5, 5.41) is 9.64. The van der Waals surface area contributed by atoms with E-state index in [2.05, 4.69) is 18.8 Å². The highest BCUT2D eigenvalue weighted by molar-refractivity contribution is 5.33. The lowest BCUT2D eigenvalue weighted by atomic mass is 10.0. The quantitative estimate of drug-likeness (QED) is 0.532. The van der Waals surface area contributed by atoms with E-state index < -0.39 is 12.3 Å². The summed E-state index contributed by atoms with van der Waals surface area (Å²) in [6.45, 7) is 3.91. The summed E-state index contributed by atoms with van der Waals surface area (Å²) in [5.74, 6) is 5.21. The molecule has 1 nitrogen and oxygen atoms in total. The van der Waals surface area contributed by atoms with Gasteiger partial charge >= 0.3 is 6.18 Å². The molecule has 0 fully saturated rings. The fraction of sp³-hybridized carbons (Fsp3) is 0.733. The largest absolute Gasteiger partial charge is 0.410 e. The second-order valence-corrected chi connectivity index (χ2v) is 4.56. The molecule has 0 bridgehead atoms. The number of aliphatic hydroxyl groups excluding tert-OH is 1. The third kappa shape index (κ3) is 10.6. The SMILES string of the molecule is CCCCCCC#C/C(=C\C(F)(F)F)C(O)CCC. The first-order chi connectivity index (χ1) is 8.90. The lowest BCUT2D eigenvalue weighted by Gasteiger charge is -2.10. The highest BCUT2D eigenvalue weighted by atomic mass is 19.4. The van der Waals surface area contributed by atoms with Crippen LogP contribution in [0.15, 0.2) is 11.6 Å². The Kier molecular flexibility index (Phi) is 9.42. The van der Waals surface area contributed by atoms with Crippen LogP contribution in [0.25, 0.3) is 0 Å². The predicted molar refractivity (Wildman–Crippen MR) is 71.6 cm³/mol. The van der Waals surface area contributed by atoms with E-state index in [9.17, 15) is 18.3 Å². The maximum atomic E-state index is 12.3. The van der Waals surface area contributed by atoms with Gasteiger partial charge in [0.15, 0.2) is 0 Å². The van der Waals surface area contributed by atoms with Crippen LogP contribution in [0.5, 0.6) is 0 Å². The summed E-state index contributed by atoms with van der Waals surface area (Å²) in [5.41, 5.74) is -0.218. The third-order valence-electron chi connectivity index (χ3n) is 2.63. The van der Waals surface area contributed by atoms with Crippen LogP contribution < -0.4 is 0 Å². The van der Waals surface area contributed by atoms with E-state index in [1.807, 2.05) is 6.92 Å². The predicted octanol–water partition coefficient (Wildman–Crippen LogP) is 4.61. The molecule has 0 aromatic rings. The minimum Gasteiger partial charge on any atom is -0.388 e. The summed E-state index contributed by atoms with van der Waals surface area (Å²) < 4.78 is 37.0. The fourth-order valence-corrected chi connectivity index (χ4v) is 1.63. The normalized spacial score (nSPS) is 13.9. The first-order valence-corrected chi connectivity index (χ1v) is 6.87. The number of unbranched alkanes of at least 4 members (excludes halogenated alkanes) is 4. The number of rotatable bonds is 7. The summed E-state index contributed by atoms with van der Waals surface area (Å²) in [6, 6.07) is 0. The van der Waals surface area contributed by atoms with Gasteiger partial charge in [-0.2, -0.15) is 13.2 Å². The van der Waals surface area contributed by atoms with Crippen molar-refractivity contribution in [2.45, 2.75) is 71.1 Å². The fourth-order valence-electron chi connectivity index (χ4n) is 1.63. The van der Waals surface area contributed by atoms with E-state index in [1.54, 1.807) is 0 Å². The van der Waals surface area contributed by atoms with Crippen molar-refractivity contribution in [2.24, 2.45) is 0 Å². The zero-order valence-corrected chi connectivity index (χ0v) is 11.7. The topological polar surface area (TPSA) is 20.2 Å². The molecule has 19 heavy (non-hydrogen) atoms. The molecule has 0 aromatic heterocycles. The lowest BCUT2D eigenvalue weighted by molar-refractivity contribution is -0.0810. The molecule has 0 aromatic carbocycles. The Morgan fingerprint density at radius 1 is 1.16 bits per heavy atom. The summed E-state index contributed by atoms with van der Waals surface area (Å²) in [4.78, 5) is 0. The standard InChI is InChI=1S/C15H23F3O/c1-3-5-6-7-8-9-11-13(12-15(16,17)18)14(19)10-4-2/h12,14,19H,3-8,10H2,1-2H3/b13-12+. The summed E-state index contributed by atoms with van der Waals surface area (Å²) in [7, 11) is 0. The second-order valence-electron chi connectivity index (χ2n) is 4.56. The molecule has 0 amide bonds. The maximum absolute atomic E-state index is 12.3. The van der Waals surface area contributed by atoms with Gasteiger partial charge in [-0.15, -0.1) is 0 Å². The third-order valence-corrected chi connectivity index (χ3v) is 2.63. The molecular weight excluding hydrogens is 253 g/mol. The Labute approximate surface area is 113 Å². The zero-order valence-electron chi connectivity index (χ0n) is 11.7. The van der Waals surface area contributed by atoms with Gasteiger partial charge in [-0.3, -0.25) is 0 Å². The molecule has 0 saturated carbocycles. The Balaban J connectivity index is 4.52. The number of alkyl halides is 3. The molecule has 0 aliphatic rings. The van der Waals surface area contributed by atoms with Crippen molar-refractivity contribution in [3.8, 4) is 11.8 Å². The van der Waals surface area contributed by atoms with E-state index in [4.69, 9.17) is 0 Å². The molecule has 0 rings (SSSR count). The maximum Gasteiger partial charge on any atom is 0.410 e. The van der Waals surface area contributed by atoms with Crippen molar-refractivity contribution in [3.63, 3.8) is 0 Å². The van der Waals surface area contributed by atoms with Gasteiger partial charge in [-0.1, -0.05) is 51.4 Å². The molecule has 1 N–H and O–H groups in total. The number of hydrogen-bond donors (Lipinski definition) is 1. The number of allylic oxidation sites excluding steroid dienone is 1. The Morgan fingerprint density at radius 3 is 2.37 bits per heavy atom. The van der Waals surface area contributed by atoms with E-state index >= 15 is 0 Å². The van der Waals surface area contributed by atoms with Crippen LogP contribution in [0.2, 0.25) is 0 Å². The number of aliphatic hydroxyl groups is 1. The van der Waals surface area contributed by atoms with Crippen molar-refractivity contribution in [3.05, 3.63) is 11.6 Å².